The third-order valence-corrected chi connectivity index (χ3v) is 14.2. The SMILES string of the molecule is CCCCCCCCC=CCCCCCCCC(=O)OC1CC[C@@]2(C)C(=CCC3C4CCC(C(C)CCCC(C)C)[C@@]4(C)CCC32)C1. The summed E-state index contributed by atoms with van der Waals surface area (Å²) in [6.07, 6.45) is 39.5. The van der Waals surface area contributed by atoms with Crippen LogP contribution in [0.1, 0.15) is 202 Å². The van der Waals surface area contributed by atoms with Gasteiger partial charge in [-0.3, -0.25) is 4.79 Å². The molecule has 2 heteroatoms. The maximum Gasteiger partial charge on any atom is 0.306 e. The van der Waals surface area contributed by atoms with Crippen molar-refractivity contribution in [1.82, 2.24) is 0 Å². The zero-order valence-corrected chi connectivity index (χ0v) is 32.3. The van der Waals surface area contributed by atoms with Crippen LogP contribution in [0.2, 0.25) is 0 Å². The fraction of sp³-hybridized carbons (Fsp3) is 0.889. The minimum absolute atomic E-state index is 0.0541. The van der Waals surface area contributed by atoms with Crippen LogP contribution in [0.4, 0.5) is 0 Å². The molecule has 47 heavy (non-hydrogen) atoms. The molecule has 0 aromatic carbocycles. The highest BCUT2D eigenvalue weighted by Gasteiger charge is 2.59. The molecule has 2 nitrogen and oxygen atoms in total. The first-order valence-electron chi connectivity index (χ1n) is 21.2. The number of fused-ring (bicyclic) bond motifs is 5. The summed E-state index contributed by atoms with van der Waals surface area (Å²) in [4.78, 5) is 12.8. The monoisotopic (exact) mass is 651 g/mol. The Morgan fingerprint density at radius 3 is 2.19 bits per heavy atom. The summed E-state index contributed by atoms with van der Waals surface area (Å²) < 4.78 is 6.12. The highest BCUT2D eigenvalue weighted by Crippen LogP contribution is 2.67. The Hall–Kier alpha value is -1.05. The highest BCUT2D eigenvalue weighted by molar-refractivity contribution is 5.69. The van der Waals surface area contributed by atoms with Gasteiger partial charge in [-0.2, -0.15) is 0 Å². The number of carbonyl (C=O) groups is 1. The predicted octanol–water partition coefficient (Wildman–Crippen LogP) is 14.0. The Balaban J connectivity index is 1.12. The van der Waals surface area contributed by atoms with Crippen molar-refractivity contribution < 1.29 is 9.53 Å². The van der Waals surface area contributed by atoms with E-state index in [9.17, 15) is 4.79 Å². The van der Waals surface area contributed by atoms with Crippen LogP contribution in [0.3, 0.4) is 0 Å². The first-order chi connectivity index (χ1) is 22.7. The van der Waals surface area contributed by atoms with E-state index in [4.69, 9.17) is 4.74 Å². The van der Waals surface area contributed by atoms with Crippen LogP contribution < -0.4 is 0 Å². The molecule has 0 radical (unpaired) electrons. The summed E-state index contributed by atoms with van der Waals surface area (Å²) in [6, 6.07) is 0. The third-order valence-electron chi connectivity index (χ3n) is 14.2. The fourth-order valence-electron chi connectivity index (χ4n) is 11.3. The average Bonchev–Trinajstić information content (AvgIpc) is 3.40. The zero-order valence-electron chi connectivity index (χ0n) is 32.3. The van der Waals surface area contributed by atoms with Crippen LogP contribution in [-0.4, -0.2) is 12.1 Å². The molecule has 0 aliphatic heterocycles. The Bertz CT molecular complexity index is 976. The quantitative estimate of drug-likeness (QED) is 0.0702. The number of hydrogen-bond acceptors (Lipinski definition) is 2. The summed E-state index contributed by atoms with van der Waals surface area (Å²) in [7, 11) is 0. The molecular weight excluding hydrogens is 572 g/mol. The first-order valence-corrected chi connectivity index (χ1v) is 21.2. The number of ether oxygens (including phenoxy) is 1. The Morgan fingerprint density at radius 1 is 0.809 bits per heavy atom. The van der Waals surface area contributed by atoms with Gasteiger partial charge in [-0.15, -0.1) is 0 Å². The lowest BCUT2D eigenvalue weighted by atomic mass is 9.47. The van der Waals surface area contributed by atoms with Gasteiger partial charge in [0.1, 0.15) is 6.10 Å². The number of allylic oxidation sites excluding steroid dienone is 3. The van der Waals surface area contributed by atoms with Crippen LogP contribution in [-0.2, 0) is 9.53 Å². The van der Waals surface area contributed by atoms with Crippen molar-refractivity contribution in [3.63, 3.8) is 0 Å². The van der Waals surface area contributed by atoms with E-state index in [-0.39, 0.29) is 12.1 Å². The summed E-state index contributed by atoms with van der Waals surface area (Å²) in [5.41, 5.74) is 2.53. The lowest BCUT2D eigenvalue weighted by molar-refractivity contribution is -0.151. The first kappa shape index (κ1) is 38.7. The minimum atomic E-state index is 0.0541. The Kier molecular flexibility index (Phi) is 16.0. The van der Waals surface area contributed by atoms with Crippen LogP contribution in [0.25, 0.3) is 0 Å². The summed E-state index contributed by atoms with van der Waals surface area (Å²) in [6.45, 7) is 14.9. The summed E-state index contributed by atoms with van der Waals surface area (Å²) in [5.74, 6) is 5.31. The van der Waals surface area contributed by atoms with Gasteiger partial charge >= 0.3 is 5.97 Å². The number of carbonyl (C=O) groups excluding carboxylic acids is 1. The molecule has 0 N–H and O–H groups in total. The van der Waals surface area contributed by atoms with Gasteiger partial charge in [-0.25, -0.2) is 0 Å². The van der Waals surface area contributed by atoms with Gasteiger partial charge < -0.3 is 4.74 Å². The normalized spacial score (nSPS) is 32.6. The van der Waals surface area contributed by atoms with Gasteiger partial charge in [0.05, 0.1) is 0 Å². The molecule has 8 atom stereocenters. The molecule has 0 spiro atoms. The van der Waals surface area contributed by atoms with Crippen molar-refractivity contribution in [2.24, 2.45) is 46.3 Å². The van der Waals surface area contributed by atoms with Crippen molar-refractivity contribution in [2.45, 2.75) is 208 Å². The van der Waals surface area contributed by atoms with E-state index in [1.54, 1.807) is 5.57 Å². The van der Waals surface area contributed by atoms with Gasteiger partial charge in [-0.05, 0) is 123 Å². The second kappa shape index (κ2) is 19.4. The van der Waals surface area contributed by atoms with E-state index >= 15 is 0 Å². The van der Waals surface area contributed by atoms with Crippen molar-refractivity contribution >= 4 is 5.97 Å². The van der Waals surface area contributed by atoms with Crippen molar-refractivity contribution in [2.75, 3.05) is 0 Å². The third kappa shape index (κ3) is 10.7. The zero-order chi connectivity index (χ0) is 33.7. The van der Waals surface area contributed by atoms with Gasteiger partial charge in [0.2, 0.25) is 0 Å². The highest BCUT2D eigenvalue weighted by atomic mass is 16.5. The molecule has 270 valence electrons. The second-order valence-corrected chi connectivity index (χ2v) is 18.0. The van der Waals surface area contributed by atoms with Crippen LogP contribution >= 0.6 is 0 Å². The fourth-order valence-corrected chi connectivity index (χ4v) is 11.3. The van der Waals surface area contributed by atoms with E-state index < -0.39 is 0 Å². The molecule has 4 rings (SSSR count). The minimum Gasteiger partial charge on any atom is -0.462 e. The van der Waals surface area contributed by atoms with Gasteiger partial charge in [0.15, 0.2) is 0 Å². The maximum atomic E-state index is 12.8. The lowest BCUT2D eigenvalue weighted by Crippen LogP contribution is -2.51. The van der Waals surface area contributed by atoms with Crippen molar-refractivity contribution in [3.8, 4) is 0 Å². The standard InChI is InChI=1S/C45H78O2/c1-7-8-9-10-11-12-13-14-15-16-17-18-19-20-21-25-43(46)47-38-30-32-44(5)37(34-38)26-27-39-41-29-28-40(36(4)24-22-23-35(2)3)45(41,6)33-31-42(39)44/h14-15,26,35-36,38-42H,7-13,16-25,27-34H2,1-6H3/t36?,38?,39?,40?,41?,42?,44-,45+/m0/s1. The average molecular weight is 651 g/mol. The molecule has 0 aromatic rings. The molecule has 4 aliphatic carbocycles. The molecule has 4 aliphatic rings. The topological polar surface area (TPSA) is 26.3 Å². The second-order valence-electron chi connectivity index (χ2n) is 18.0. The van der Waals surface area contributed by atoms with E-state index in [1.165, 1.54) is 128 Å². The smallest absolute Gasteiger partial charge is 0.306 e. The Labute approximate surface area is 293 Å². The van der Waals surface area contributed by atoms with Crippen LogP contribution in [0.15, 0.2) is 23.8 Å². The number of esters is 1. The maximum absolute atomic E-state index is 12.8. The van der Waals surface area contributed by atoms with Gasteiger partial charge in [0, 0.05) is 12.8 Å². The van der Waals surface area contributed by atoms with Crippen LogP contribution in [0, 0.1) is 46.3 Å². The number of hydrogen-bond donors (Lipinski definition) is 0. The van der Waals surface area contributed by atoms with Crippen LogP contribution in [0.5, 0.6) is 0 Å². The van der Waals surface area contributed by atoms with Crippen molar-refractivity contribution in [1.29, 1.82) is 0 Å². The molecule has 0 amide bonds. The summed E-state index contributed by atoms with van der Waals surface area (Å²) >= 11 is 0. The molecular formula is C45H78O2. The Morgan fingerprint density at radius 2 is 1.49 bits per heavy atom. The summed E-state index contributed by atoms with van der Waals surface area (Å²) in [5, 5.41) is 0. The van der Waals surface area contributed by atoms with Gasteiger partial charge in [-0.1, -0.05) is 136 Å². The molecule has 0 saturated heterocycles. The molecule has 0 heterocycles. The molecule has 3 fully saturated rings. The van der Waals surface area contributed by atoms with Crippen molar-refractivity contribution in [3.05, 3.63) is 23.8 Å². The number of rotatable bonds is 21. The molecule has 0 bridgehead atoms. The van der Waals surface area contributed by atoms with E-state index in [1.807, 2.05) is 0 Å². The molecule has 3 saturated carbocycles. The predicted molar refractivity (Wildman–Crippen MR) is 202 cm³/mol. The van der Waals surface area contributed by atoms with E-state index in [0.717, 1.165) is 61.2 Å². The lowest BCUT2D eigenvalue weighted by Gasteiger charge is -2.58. The number of unbranched alkanes of at least 4 members (excludes halogenated alkanes) is 11. The largest absolute Gasteiger partial charge is 0.462 e. The van der Waals surface area contributed by atoms with E-state index in [0.29, 0.717) is 17.3 Å². The molecule has 0 aromatic heterocycles. The van der Waals surface area contributed by atoms with Gasteiger partial charge in [0.25, 0.3) is 0 Å². The van der Waals surface area contributed by atoms with E-state index in [2.05, 4.69) is 59.8 Å². The molecule has 6 unspecified atom stereocenters.